The van der Waals surface area contributed by atoms with Crippen LogP contribution in [0.4, 0.5) is 4.39 Å². The number of amides is 2. The molecule has 3 fully saturated rings. The van der Waals surface area contributed by atoms with Crippen LogP contribution in [0.1, 0.15) is 54.6 Å². The molecule has 1 aliphatic heterocycles. The Hall–Kier alpha value is -2.41. The molecule has 1 aromatic carbocycles. The lowest BCUT2D eigenvalue weighted by molar-refractivity contribution is -0.134. The minimum atomic E-state index is -0.312. The number of nitrogens with zero attached hydrogens (tertiary/aromatic N) is 2. The molecule has 0 unspecified atom stereocenters. The smallest absolute Gasteiger partial charge is 0.267 e. The summed E-state index contributed by atoms with van der Waals surface area (Å²) < 4.78 is 14.1. The maximum atomic E-state index is 14.1. The van der Waals surface area contributed by atoms with Crippen molar-refractivity contribution in [1.82, 2.24) is 20.1 Å². The van der Waals surface area contributed by atoms with E-state index in [0.29, 0.717) is 34.5 Å². The quantitative estimate of drug-likeness (QED) is 0.789. The van der Waals surface area contributed by atoms with Gasteiger partial charge in [-0.1, -0.05) is 6.07 Å². The molecule has 1 saturated heterocycles. The van der Waals surface area contributed by atoms with Gasteiger partial charge in [0, 0.05) is 49.6 Å². The van der Waals surface area contributed by atoms with E-state index in [9.17, 15) is 14.0 Å². The number of aryl methyl sites for hydroxylation is 1. The second-order valence-electron chi connectivity index (χ2n) is 9.46. The Bertz CT molecular complexity index is 952. The van der Waals surface area contributed by atoms with Crippen molar-refractivity contribution in [3.8, 4) is 0 Å². The molecule has 166 valence electrons. The second-order valence-corrected chi connectivity index (χ2v) is 9.46. The number of piperazine rings is 1. The van der Waals surface area contributed by atoms with Crippen molar-refractivity contribution in [2.24, 2.45) is 5.92 Å². The fourth-order valence-corrected chi connectivity index (χ4v) is 5.23. The van der Waals surface area contributed by atoms with Crippen LogP contribution in [0.2, 0.25) is 0 Å². The Morgan fingerprint density at radius 3 is 2.58 bits per heavy atom. The molecule has 0 radical (unpaired) electrons. The molecule has 0 bridgehead atoms. The van der Waals surface area contributed by atoms with Gasteiger partial charge in [-0.2, -0.15) is 0 Å². The second kappa shape index (κ2) is 8.26. The van der Waals surface area contributed by atoms with Crippen molar-refractivity contribution in [3.05, 3.63) is 35.3 Å². The SMILES string of the molecule is Cc1ccc(F)c2cc(C(=O)N[C@@H]3CCC[C@@H](N4CCN(C(=O)C5CC5)CC4)C3)[nH]c12. The number of rotatable bonds is 4. The summed E-state index contributed by atoms with van der Waals surface area (Å²) in [6.07, 6.45) is 6.24. The lowest BCUT2D eigenvalue weighted by Crippen LogP contribution is -2.54. The summed E-state index contributed by atoms with van der Waals surface area (Å²) in [4.78, 5) is 32.8. The Morgan fingerprint density at radius 2 is 1.87 bits per heavy atom. The zero-order valence-electron chi connectivity index (χ0n) is 18.1. The van der Waals surface area contributed by atoms with Gasteiger partial charge < -0.3 is 15.2 Å². The van der Waals surface area contributed by atoms with Crippen LogP contribution in [-0.2, 0) is 4.79 Å². The molecule has 2 saturated carbocycles. The minimum Gasteiger partial charge on any atom is -0.350 e. The summed E-state index contributed by atoms with van der Waals surface area (Å²) in [5, 5.41) is 3.63. The number of halogens is 1. The third kappa shape index (κ3) is 4.20. The molecule has 5 rings (SSSR count). The zero-order chi connectivity index (χ0) is 21.5. The predicted octanol–water partition coefficient (Wildman–Crippen LogP) is 3.21. The summed E-state index contributed by atoms with van der Waals surface area (Å²) in [6.45, 7) is 5.39. The summed E-state index contributed by atoms with van der Waals surface area (Å²) >= 11 is 0. The van der Waals surface area contributed by atoms with Crippen molar-refractivity contribution >= 4 is 22.7 Å². The van der Waals surface area contributed by atoms with E-state index >= 15 is 0 Å². The van der Waals surface area contributed by atoms with Crippen LogP contribution < -0.4 is 5.32 Å². The maximum Gasteiger partial charge on any atom is 0.267 e. The van der Waals surface area contributed by atoms with Crippen LogP contribution in [0.15, 0.2) is 18.2 Å². The molecule has 1 aromatic heterocycles. The van der Waals surface area contributed by atoms with Gasteiger partial charge in [-0.3, -0.25) is 14.5 Å². The molecule has 0 spiro atoms. The number of aromatic nitrogens is 1. The first kappa shape index (κ1) is 20.5. The first-order chi connectivity index (χ1) is 15.0. The molecule has 7 heteroatoms. The van der Waals surface area contributed by atoms with Crippen molar-refractivity contribution in [2.45, 2.75) is 57.5 Å². The van der Waals surface area contributed by atoms with Crippen LogP contribution in [0.3, 0.4) is 0 Å². The number of carbonyl (C=O) groups excluding carboxylic acids is 2. The zero-order valence-corrected chi connectivity index (χ0v) is 18.1. The first-order valence-electron chi connectivity index (χ1n) is 11.6. The van der Waals surface area contributed by atoms with E-state index in [2.05, 4.69) is 15.2 Å². The monoisotopic (exact) mass is 426 g/mol. The van der Waals surface area contributed by atoms with Crippen LogP contribution in [0.25, 0.3) is 10.9 Å². The van der Waals surface area contributed by atoms with E-state index < -0.39 is 0 Å². The average Bonchev–Trinajstić information content (AvgIpc) is 3.53. The lowest BCUT2D eigenvalue weighted by atomic mass is 9.89. The van der Waals surface area contributed by atoms with Gasteiger partial charge in [0.25, 0.3) is 5.91 Å². The largest absolute Gasteiger partial charge is 0.350 e. The van der Waals surface area contributed by atoms with Crippen molar-refractivity contribution < 1.29 is 14.0 Å². The van der Waals surface area contributed by atoms with Crippen LogP contribution in [0, 0.1) is 18.7 Å². The molecule has 31 heavy (non-hydrogen) atoms. The lowest BCUT2D eigenvalue weighted by Gasteiger charge is -2.42. The normalized spacial score (nSPS) is 25.0. The first-order valence-corrected chi connectivity index (χ1v) is 11.6. The molecule has 2 atom stereocenters. The highest BCUT2D eigenvalue weighted by Gasteiger charge is 2.36. The summed E-state index contributed by atoms with van der Waals surface area (Å²) in [6, 6.07) is 5.34. The third-order valence-corrected chi connectivity index (χ3v) is 7.24. The number of nitrogens with one attached hydrogen (secondary N) is 2. The van der Waals surface area contributed by atoms with E-state index in [-0.39, 0.29) is 17.8 Å². The van der Waals surface area contributed by atoms with Gasteiger partial charge in [-0.25, -0.2) is 4.39 Å². The summed E-state index contributed by atoms with van der Waals surface area (Å²) in [5.41, 5.74) is 2.02. The van der Waals surface area contributed by atoms with E-state index in [4.69, 9.17) is 0 Å². The van der Waals surface area contributed by atoms with Gasteiger partial charge in [0.2, 0.25) is 5.91 Å². The Kier molecular flexibility index (Phi) is 5.46. The van der Waals surface area contributed by atoms with Gasteiger partial charge >= 0.3 is 0 Å². The topological polar surface area (TPSA) is 68.4 Å². The fraction of sp³-hybridized carbons (Fsp3) is 0.583. The highest BCUT2D eigenvalue weighted by atomic mass is 19.1. The number of hydrogen-bond acceptors (Lipinski definition) is 3. The van der Waals surface area contributed by atoms with Crippen LogP contribution >= 0.6 is 0 Å². The maximum absolute atomic E-state index is 14.1. The number of carbonyl (C=O) groups is 2. The standard InChI is InChI=1S/C24H31FN4O2/c1-15-5-8-20(25)19-14-21(27-22(15)19)23(30)26-17-3-2-4-18(13-17)28-9-11-29(12-10-28)24(31)16-6-7-16/h5,8,14,16-18,27H,2-4,6-7,9-13H2,1H3,(H,26,30)/t17-,18-/m1/s1. The molecule has 2 heterocycles. The number of benzene rings is 1. The minimum absolute atomic E-state index is 0.120. The summed E-state index contributed by atoms with van der Waals surface area (Å²) in [7, 11) is 0. The molecule has 2 N–H and O–H groups in total. The molecular formula is C24H31FN4O2. The average molecular weight is 427 g/mol. The van der Waals surface area contributed by atoms with E-state index in [1.807, 2.05) is 11.8 Å². The highest BCUT2D eigenvalue weighted by Crippen LogP contribution is 2.32. The van der Waals surface area contributed by atoms with Crippen molar-refractivity contribution in [1.29, 1.82) is 0 Å². The van der Waals surface area contributed by atoms with Gasteiger partial charge in [-0.05, 0) is 63.1 Å². The molecule has 2 aliphatic carbocycles. The van der Waals surface area contributed by atoms with Gasteiger partial charge in [0.05, 0.1) is 5.52 Å². The molecule has 2 amide bonds. The van der Waals surface area contributed by atoms with Gasteiger partial charge in [-0.15, -0.1) is 0 Å². The fourth-order valence-electron chi connectivity index (χ4n) is 5.23. The Balaban J connectivity index is 1.18. The molecular weight excluding hydrogens is 395 g/mol. The molecule has 2 aromatic rings. The van der Waals surface area contributed by atoms with Crippen LogP contribution in [0.5, 0.6) is 0 Å². The Labute approximate surface area is 182 Å². The molecule has 6 nitrogen and oxygen atoms in total. The highest BCUT2D eigenvalue weighted by molar-refractivity contribution is 5.99. The molecule has 3 aliphatic rings. The number of hydrogen-bond donors (Lipinski definition) is 2. The van der Waals surface area contributed by atoms with Gasteiger partial charge in [0.15, 0.2) is 0 Å². The van der Waals surface area contributed by atoms with Crippen LogP contribution in [-0.4, -0.2) is 64.9 Å². The van der Waals surface area contributed by atoms with E-state index in [1.54, 1.807) is 12.1 Å². The summed E-state index contributed by atoms with van der Waals surface area (Å²) in [5.74, 6) is 0.162. The Morgan fingerprint density at radius 1 is 1.10 bits per heavy atom. The predicted molar refractivity (Wildman–Crippen MR) is 117 cm³/mol. The van der Waals surface area contributed by atoms with Gasteiger partial charge in [0.1, 0.15) is 11.5 Å². The van der Waals surface area contributed by atoms with Crippen molar-refractivity contribution in [3.63, 3.8) is 0 Å². The number of H-pyrrole nitrogens is 1. The van der Waals surface area contributed by atoms with Crippen molar-refractivity contribution in [2.75, 3.05) is 26.2 Å². The number of fused-ring (bicyclic) bond motifs is 1. The van der Waals surface area contributed by atoms with E-state index in [1.165, 1.54) is 6.07 Å². The third-order valence-electron chi connectivity index (χ3n) is 7.24. The van der Waals surface area contributed by atoms with E-state index in [0.717, 1.165) is 70.3 Å². The number of aromatic amines is 1.